The second-order valence-corrected chi connectivity index (χ2v) is 11.7. The molecule has 0 aromatic heterocycles. The average molecular weight is 574 g/mol. The third-order valence-corrected chi connectivity index (χ3v) is 8.23. The topological polar surface area (TPSA) is 92.3 Å². The van der Waals surface area contributed by atoms with Crippen molar-refractivity contribution in [3.8, 4) is 0 Å². The highest BCUT2D eigenvalue weighted by Gasteiger charge is 2.20. The molecule has 2 N–H and O–H groups in total. The van der Waals surface area contributed by atoms with Gasteiger partial charge in [-0.15, -0.1) is 0 Å². The smallest absolute Gasteiger partial charge is 0.261 e. The van der Waals surface area contributed by atoms with Crippen LogP contribution in [0.15, 0.2) is 79.4 Å². The van der Waals surface area contributed by atoms with Gasteiger partial charge in [0, 0.05) is 8.95 Å². The Bertz CT molecular complexity index is 1310. The van der Waals surface area contributed by atoms with Crippen LogP contribution in [0.3, 0.4) is 0 Å². The molecular weight excluding hydrogens is 556 g/mol. The van der Waals surface area contributed by atoms with Gasteiger partial charge in [0.2, 0.25) is 0 Å². The van der Waals surface area contributed by atoms with Crippen LogP contribution in [0, 0.1) is 13.8 Å². The predicted octanol–water partition coefficient (Wildman–Crippen LogP) is 5.43. The zero-order valence-corrected chi connectivity index (χ0v) is 20.8. The third-order valence-electron chi connectivity index (χ3n) is 4.18. The molecule has 0 bridgehead atoms. The van der Waals surface area contributed by atoms with E-state index in [1.54, 1.807) is 37.3 Å². The van der Waals surface area contributed by atoms with Crippen molar-refractivity contribution in [2.75, 3.05) is 9.44 Å². The first-order valence-corrected chi connectivity index (χ1v) is 13.2. The van der Waals surface area contributed by atoms with Gasteiger partial charge in [-0.25, -0.2) is 16.8 Å². The SMILES string of the molecule is Cc1ccc(S(=O)(=O)Nc2cc(Br)c(NS(=O)(=O)c3cccc(C)c3)cc2Br)cc1. The Morgan fingerprint density at radius 1 is 0.633 bits per heavy atom. The molecule has 0 unspecified atom stereocenters. The number of sulfonamides is 2. The summed E-state index contributed by atoms with van der Waals surface area (Å²) in [5.74, 6) is 0. The standard InChI is InChI=1S/C20H18Br2N2O4S2/c1-13-6-8-15(9-7-13)29(25,26)23-19-11-18(22)20(12-17(19)21)24-30(27,28)16-5-3-4-14(2)10-16/h3-12,23-24H,1-2H3. The van der Waals surface area contributed by atoms with Gasteiger partial charge in [-0.05, 0) is 87.7 Å². The first-order valence-electron chi connectivity index (χ1n) is 8.66. The number of nitrogens with one attached hydrogen (secondary N) is 2. The Morgan fingerprint density at radius 3 is 1.63 bits per heavy atom. The number of hydrogen-bond donors (Lipinski definition) is 2. The number of hydrogen-bond acceptors (Lipinski definition) is 4. The predicted molar refractivity (Wildman–Crippen MR) is 126 cm³/mol. The lowest BCUT2D eigenvalue weighted by Gasteiger charge is -2.15. The summed E-state index contributed by atoms with van der Waals surface area (Å²) < 4.78 is 56.4. The van der Waals surface area contributed by atoms with E-state index >= 15 is 0 Å². The van der Waals surface area contributed by atoms with Crippen LogP contribution in [-0.2, 0) is 20.0 Å². The lowest BCUT2D eigenvalue weighted by Crippen LogP contribution is -2.15. The zero-order valence-electron chi connectivity index (χ0n) is 16.0. The molecule has 0 aliphatic carbocycles. The van der Waals surface area contributed by atoms with Crippen LogP contribution in [0.1, 0.15) is 11.1 Å². The molecule has 0 spiro atoms. The first kappa shape index (κ1) is 22.8. The highest BCUT2D eigenvalue weighted by molar-refractivity contribution is 9.11. The molecule has 10 heteroatoms. The molecule has 6 nitrogen and oxygen atoms in total. The highest BCUT2D eigenvalue weighted by atomic mass is 79.9. The van der Waals surface area contributed by atoms with E-state index in [0.717, 1.165) is 11.1 Å². The van der Waals surface area contributed by atoms with Crippen molar-refractivity contribution in [3.63, 3.8) is 0 Å². The molecule has 0 aliphatic heterocycles. The maximum absolute atomic E-state index is 12.7. The molecule has 0 atom stereocenters. The molecule has 3 aromatic carbocycles. The zero-order chi connectivity index (χ0) is 22.1. The van der Waals surface area contributed by atoms with Crippen molar-refractivity contribution in [1.29, 1.82) is 0 Å². The minimum Gasteiger partial charge on any atom is -0.278 e. The summed E-state index contributed by atoms with van der Waals surface area (Å²) in [5, 5.41) is 0. The molecule has 0 saturated carbocycles. The second kappa shape index (κ2) is 8.70. The Balaban J connectivity index is 1.89. The normalized spacial score (nSPS) is 11.9. The van der Waals surface area contributed by atoms with Crippen LogP contribution in [0.2, 0.25) is 0 Å². The molecule has 0 saturated heterocycles. The van der Waals surface area contributed by atoms with Crippen LogP contribution in [0.25, 0.3) is 0 Å². The maximum atomic E-state index is 12.7. The minimum absolute atomic E-state index is 0.125. The van der Waals surface area contributed by atoms with Gasteiger partial charge in [-0.3, -0.25) is 9.44 Å². The third kappa shape index (κ3) is 5.23. The summed E-state index contributed by atoms with van der Waals surface area (Å²) in [7, 11) is -7.61. The highest BCUT2D eigenvalue weighted by Crippen LogP contribution is 2.35. The van der Waals surface area contributed by atoms with Crippen LogP contribution >= 0.6 is 31.9 Å². The monoisotopic (exact) mass is 572 g/mol. The Labute approximate surface area is 193 Å². The van der Waals surface area contributed by atoms with E-state index in [2.05, 4.69) is 41.3 Å². The quantitative estimate of drug-likeness (QED) is 0.411. The van der Waals surface area contributed by atoms with E-state index in [1.165, 1.54) is 30.3 Å². The van der Waals surface area contributed by atoms with E-state index < -0.39 is 20.0 Å². The average Bonchev–Trinajstić information content (AvgIpc) is 2.66. The number of aryl methyl sites for hydroxylation is 2. The van der Waals surface area contributed by atoms with Gasteiger partial charge in [-0.1, -0.05) is 29.8 Å². The van der Waals surface area contributed by atoms with Crippen LogP contribution in [0.5, 0.6) is 0 Å². The lowest BCUT2D eigenvalue weighted by atomic mass is 10.2. The molecule has 3 aromatic rings. The number of halogens is 2. The summed E-state index contributed by atoms with van der Waals surface area (Å²) in [6, 6.07) is 16.0. The fourth-order valence-electron chi connectivity index (χ4n) is 2.61. The second-order valence-electron chi connectivity index (χ2n) is 6.65. The number of anilines is 2. The largest absolute Gasteiger partial charge is 0.278 e. The molecule has 158 valence electrons. The summed E-state index contributed by atoms with van der Waals surface area (Å²) >= 11 is 6.62. The van der Waals surface area contributed by atoms with Gasteiger partial charge in [0.05, 0.1) is 21.2 Å². The maximum Gasteiger partial charge on any atom is 0.261 e. The lowest BCUT2D eigenvalue weighted by molar-refractivity contribution is 0.599. The Hall–Kier alpha value is -1.88. The van der Waals surface area contributed by atoms with Crippen molar-refractivity contribution < 1.29 is 16.8 Å². The molecular formula is C20H18Br2N2O4S2. The number of benzene rings is 3. The Morgan fingerprint density at radius 2 is 1.13 bits per heavy atom. The molecule has 0 heterocycles. The van der Waals surface area contributed by atoms with Gasteiger partial charge in [-0.2, -0.15) is 0 Å². The Kier molecular flexibility index (Phi) is 6.61. The number of rotatable bonds is 6. The van der Waals surface area contributed by atoms with E-state index in [9.17, 15) is 16.8 Å². The molecule has 0 aliphatic rings. The van der Waals surface area contributed by atoms with E-state index in [1.807, 2.05) is 6.92 Å². The van der Waals surface area contributed by atoms with Crippen molar-refractivity contribution in [1.82, 2.24) is 0 Å². The molecule has 0 fully saturated rings. The minimum atomic E-state index is -3.81. The summed E-state index contributed by atoms with van der Waals surface area (Å²) in [6.45, 7) is 3.68. The molecule has 30 heavy (non-hydrogen) atoms. The van der Waals surface area contributed by atoms with Gasteiger partial charge >= 0.3 is 0 Å². The summed E-state index contributed by atoms with van der Waals surface area (Å²) in [5.41, 5.74) is 2.30. The van der Waals surface area contributed by atoms with E-state index in [4.69, 9.17) is 0 Å². The van der Waals surface area contributed by atoms with Crippen molar-refractivity contribution in [2.45, 2.75) is 23.6 Å². The fourth-order valence-corrected chi connectivity index (χ4v) is 6.00. The van der Waals surface area contributed by atoms with Gasteiger partial charge in [0.15, 0.2) is 0 Å². The molecule has 0 amide bonds. The van der Waals surface area contributed by atoms with Gasteiger partial charge < -0.3 is 0 Å². The van der Waals surface area contributed by atoms with Crippen LogP contribution < -0.4 is 9.44 Å². The van der Waals surface area contributed by atoms with Crippen LogP contribution in [-0.4, -0.2) is 16.8 Å². The van der Waals surface area contributed by atoms with Crippen LogP contribution in [0.4, 0.5) is 11.4 Å². The van der Waals surface area contributed by atoms with E-state index in [0.29, 0.717) is 8.95 Å². The van der Waals surface area contributed by atoms with Gasteiger partial charge in [0.1, 0.15) is 0 Å². The van der Waals surface area contributed by atoms with Gasteiger partial charge in [0.25, 0.3) is 20.0 Å². The van der Waals surface area contributed by atoms with Crippen molar-refractivity contribution in [2.24, 2.45) is 0 Å². The molecule has 0 radical (unpaired) electrons. The van der Waals surface area contributed by atoms with E-state index in [-0.39, 0.29) is 21.2 Å². The van der Waals surface area contributed by atoms with Crippen molar-refractivity contribution >= 4 is 63.3 Å². The van der Waals surface area contributed by atoms with Crippen molar-refractivity contribution in [3.05, 3.63) is 80.7 Å². The first-order chi connectivity index (χ1) is 14.0. The summed E-state index contributed by atoms with van der Waals surface area (Å²) in [4.78, 5) is 0.259. The fraction of sp³-hybridized carbons (Fsp3) is 0.100. The summed E-state index contributed by atoms with van der Waals surface area (Å²) in [6.07, 6.45) is 0. The molecule has 3 rings (SSSR count).